The number of phenolic OH excluding ortho intramolecular Hbond substituents is 2. The summed E-state index contributed by atoms with van der Waals surface area (Å²) in [6.07, 6.45) is 1.20. The minimum atomic E-state index is -1.21. The number of rotatable bonds is 5. The number of phenols is 2. The van der Waals surface area contributed by atoms with Gasteiger partial charge in [-0.15, -0.1) is 5.10 Å². The Bertz CT molecular complexity index is 659. The molecule has 110 valence electrons. The lowest BCUT2D eigenvalue weighted by Crippen LogP contribution is -2.42. The molecule has 1 amide bonds. The number of carboxylic acids is 1. The summed E-state index contributed by atoms with van der Waals surface area (Å²) in [5.41, 5.74) is 0.459. The molecule has 1 aromatic heterocycles. The van der Waals surface area contributed by atoms with Gasteiger partial charge < -0.3 is 20.6 Å². The van der Waals surface area contributed by atoms with Gasteiger partial charge in [-0.3, -0.25) is 4.79 Å². The monoisotopic (exact) mass is 309 g/mol. The number of nitrogens with one attached hydrogen (secondary N) is 1. The molecule has 0 fully saturated rings. The van der Waals surface area contributed by atoms with Gasteiger partial charge in [-0.2, -0.15) is 0 Å². The first-order valence-corrected chi connectivity index (χ1v) is 6.56. The molecule has 0 bridgehead atoms. The predicted molar refractivity (Wildman–Crippen MR) is 72.3 cm³/mol. The van der Waals surface area contributed by atoms with E-state index in [0.29, 0.717) is 5.56 Å². The summed E-state index contributed by atoms with van der Waals surface area (Å²) in [6.45, 7) is 0. The Morgan fingerprint density at radius 2 is 2.05 bits per heavy atom. The molecule has 1 atom stereocenters. The van der Waals surface area contributed by atoms with Crippen LogP contribution in [0.2, 0.25) is 0 Å². The van der Waals surface area contributed by atoms with Crippen LogP contribution in [0.1, 0.15) is 15.2 Å². The molecule has 1 heterocycles. The third kappa shape index (κ3) is 3.66. The molecule has 0 aliphatic carbocycles. The van der Waals surface area contributed by atoms with Crippen LogP contribution in [-0.2, 0) is 11.2 Å². The number of carbonyl (C=O) groups excluding carboxylic acids is 1. The molecule has 2 rings (SSSR count). The van der Waals surface area contributed by atoms with Crippen LogP contribution in [0.4, 0.5) is 0 Å². The molecule has 0 saturated heterocycles. The van der Waals surface area contributed by atoms with Crippen molar-refractivity contribution in [2.45, 2.75) is 12.5 Å². The van der Waals surface area contributed by atoms with Gasteiger partial charge in [-0.05, 0) is 29.2 Å². The van der Waals surface area contributed by atoms with Crippen molar-refractivity contribution in [2.24, 2.45) is 0 Å². The van der Waals surface area contributed by atoms with E-state index in [0.717, 1.165) is 11.5 Å². The summed E-state index contributed by atoms with van der Waals surface area (Å²) < 4.78 is 3.52. The van der Waals surface area contributed by atoms with Crippen molar-refractivity contribution in [3.63, 3.8) is 0 Å². The Hall–Kier alpha value is -2.68. The number of benzene rings is 1. The van der Waals surface area contributed by atoms with E-state index >= 15 is 0 Å². The van der Waals surface area contributed by atoms with Crippen molar-refractivity contribution >= 4 is 23.4 Å². The normalized spacial score (nSPS) is 11.8. The predicted octanol–water partition coefficient (Wildman–Crippen LogP) is 0.375. The quantitative estimate of drug-likeness (QED) is 0.587. The zero-order valence-corrected chi connectivity index (χ0v) is 11.4. The van der Waals surface area contributed by atoms with E-state index < -0.39 is 17.9 Å². The number of hydrogen-bond donors (Lipinski definition) is 4. The fourth-order valence-electron chi connectivity index (χ4n) is 1.63. The molecule has 2 aromatic rings. The second kappa shape index (κ2) is 6.18. The van der Waals surface area contributed by atoms with E-state index in [1.54, 1.807) is 0 Å². The first kappa shape index (κ1) is 14.7. The van der Waals surface area contributed by atoms with Crippen LogP contribution in [-0.4, -0.2) is 42.8 Å². The molecule has 0 saturated carbocycles. The lowest BCUT2D eigenvalue weighted by Gasteiger charge is -2.14. The van der Waals surface area contributed by atoms with Crippen molar-refractivity contribution in [1.82, 2.24) is 14.9 Å². The summed E-state index contributed by atoms with van der Waals surface area (Å²) in [7, 11) is 0. The number of hydrogen-bond acceptors (Lipinski definition) is 7. The van der Waals surface area contributed by atoms with E-state index in [-0.39, 0.29) is 22.8 Å². The van der Waals surface area contributed by atoms with Crippen LogP contribution in [0.15, 0.2) is 24.4 Å². The zero-order chi connectivity index (χ0) is 15.4. The van der Waals surface area contributed by atoms with Gasteiger partial charge in [0, 0.05) is 6.42 Å². The zero-order valence-electron chi connectivity index (χ0n) is 10.6. The largest absolute Gasteiger partial charge is 0.504 e. The minimum absolute atomic E-state index is 0.0405. The first-order valence-electron chi connectivity index (χ1n) is 5.79. The highest BCUT2D eigenvalue weighted by Gasteiger charge is 2.22. The van der Waals surface area contributed by atoms with Crippen LogP contribution in [0.3, 0.4) is 0 Å². The highest BCUT2D eigenvalue weighted by Crippen LogP contribution is 2.25. The average Bonchev–Trinajstić information content (AvgIpc) is 2.96. The third-order valence-corrected chi connectivity index (χ3v) is 3.33. The second-order valence-corrected chi connectivity index (χ2v) is 4.96. The lowest BCUT2D eigenvalue weighted by molar-refractivity contribution is -0.139. The maximum atomic E-state index is 11.8. The smallest absolute Gasteiger partial charge is 0.326 e. The lowest BCUT2D eigenvalue weighted by atomic mass is 10.1. The van der Waals surface area contributed by atoms with Crippen molar-refractivity contribution in [2.75, 3.05) is 0 Å². The summed E-state index contributed by atoms with van der Waals surface area (Å²) in [5.74, 6) is -2.45. The molecule has 0 unspecified atom stereocenters. The number of amides is 1. The number of aromatic nitrogens is 2. The van der Waals surface area contributed by atoms with E-state index in [9.17, 15) is 19.8 Å². The highest BCUT2D eigenvalue weighted by atomic mass is 32.1. The van der Waals surface area contributed by atoms with Crippen molar-refractivity contribution in [1.29, 1.82) is 0 Å². The molecule has 0 aliphatic rings. The fraction of sp³-hybridized carbons (Fsp3) is 0.167. The standard InChI is InChI=1S/C12H11N3O5S/c16-8-2-1-6(4-9(8)17)3-7(12(19)20)14-11(18)10-5-13-15-21-10/h1-2,4-5,7,16-17H,3H2,(H,14,18)(H,19,20)/t7-/m0/s1. The van der Waals surface area contributed by atoms with Gasteiger partial charge in [0.1, 0.15) is 10.9 Å². The average molecular weight is 309 g/mol. The number of carboxylic acid groups (broad SMARTS) is 1. The van der Waals surface area contributed by atoms with Crippen LogP contribution < -0.4 is 5.32 Å². The summed E-state index contributed by atoms with van der Waals surface area (Å²) in [6, 6.07) is 2.78. The number of carbonyl (C=O) groups is 2. The molecule has 9 heteroatoms. The van der Waals surface area contributed by atoms with Gasteiger partial charge in [-0.25, -0.2) is 4.79 Å². The van der Waals surface area contributed by atoms with Crippen LogP contribution >= 0.6 is 11.5 Å². The van der Waals surface area contributed by atoms with Gasteiger partial charge in [0.25, 0.3) is 5.91 Å². The molecule has 4 N–H and O–H groups in total. The molecular weight excluding hydrogens is 298 g/mol. The first-order chi connectivity index (χ1) is 9.97. The SMILES string of the molecule is O=C(N[C@@H](Cc1ccc(O)c(O)c1)C(=O)O)c1cnns1. The van der Waals surface area contributed by atoms with Gasteiger partial charge in [-0.1, -0.05) is 10.6 Å². The highest BCUT2D eigenvalue weighted by molar-refractivity contribution is 7.07. The van der Waals surface area contributed by atoms with Crippen LogP contribution in [0.25, 0.3) is 0 Å². The maximum Gasteiger partial charge on any atom is 0.326 e. The van der Waals surface area contributed by atoms with Gasteiger partial charge in [0.2, 0.25) is 0 Å². The third-order valence-electron chi connectivity index (χ3n) is 2.67. The van der Waals surface area contributed by atoms with Gasteiger partial charge in [0.05, 0.1) is 6.20 Å². The number of aliphatic carboxylic acids is 1. The number of aromatic hydroxyl groups is 2. The van der Waals surface area contributed by atoms with Crippen molar-refractivity contribution < 1.29 is 24.9 Å². The van der Waals surface area contributed by atoms with Crippen molar-refractivity contribution in [3.05, 3.63) is 34.8 Å². The Kier molecular flexibility index (Phi) is 4.33. The molecule has 1 aromatic carbocycles. The molecule has 0 radical (unpaired) electrons. The Morgan fingerprint density at radius 3 is 2.62 bits per heavy atom. The Morgan fingerprint density at radius 1 is 1.29 bits per heavy atom. The Labute approximate surface area is 122 Å². The van der Waals surface area contributed by atoms with Crippen molar-refractivity contribution in [3.8, 4) is 11.5 Å². The Balaban J connectivity index is 2.10. The fourth-order valence-corrected chi connectivity index (χ4v) is 2.05. The van der Waals surface area contributed by atoms with Gasteiger partial charge in [0.15, 0.2) is 11.5 Å². The molecule has 8 nitrogen and oxygen atoms in total. The number of nitrogens with zero attached hydrogens (tertiary/aromatic N) is 2. The maximum absolute atomic E-state index is 11.8. The topological polar surface area (TPSA) is 133 Å². The molecular formula is C12H11N3O5S. The van der Waals surface area contributed by atoms with E-state index in [2.05, 4.69) is 14.9 Å². The minimum Gasteiger partial charge on any atom is -0.504 e. The second-order valence-electron chi connectivity index (χ2n) is 4.17. The van der Waals surface area contributed by atoms with Crippen LogP contribution in [0.5, 0.6) is 11.5 Å². The van der Waals surface area contributed by atoms with E-state index in [4.69, 9.17) is 5.11 Å². The summed E-state index contributed by atoms with van der Waals surface area (Å²) in [5, 5.41) is 33.6. The van der Waals surface area contributed by atoms with E-state index in [1.165, 1.54) is 24.4 Å². The molecule has 0 aliphatic heterocycles. The van der Waals surface area contributed by atoms with E-state index in [1.807, 2.05) is 0 Å². The summed E-state index contributed by atoms with van der Waals surface area (Å²) >= 11 is 0.856. The summed E-state index contributed by atoms with van der Waals surface area (Å²) in [4.78, 5) is 23.2. The molecule has 0 spiro atoms. The van der Waals surface area contributed by atoms with Crippen LogP contribution in [0, 0.1) is 0 Å². The molecule has 21 heavy (non-hydrogen) atoms. The van der Waals surface area contributed by atoms with Gasteiger partial charge >= 0.3 is 5.97 Å².